The third-order valence-electron chi connectivity index (χ3n) is 3.02. The quantitative estimate of drug-likeness (QED) is 0.890. The highest BCUT2D eigenvalue weighted by molar-refractivity contribution is 7.05. The highest BCUT2D eigenvalue weighted by atomic mass is 35.5. The Morgan fingerprint density at radius 1 is 1.53 bits per heavy atom. The first kappa shape index (κ1) is 14.4. The van der Waals surface area contributed by atoms with E-state index in [0.29, 0.717) is 0 Å². The Balaban J connectivity index is 2.20. The Morgan fingerprint density at radius 3 is 2.84 bits per heavy atom. The first-order valence-electron chi connectivity index (χ1n) is 6.32. The minimum Gasteiger partial charge on any atom is -0.309 e. The van der Waals surface area contributed by atoms with Crippen molar-refractivity contribution in [3.63, 3.8) is 0 Å². The SMILES string of the molecule is CCCNC(Cc1c(Cl)c(C)nn1C)c1cnns1. The topological polar surface area (TPSA) is 55.6 Å². The molecule has 2 heterocycles. The minimum absolute atomic E-state index is 0.187. The summed E-state index contributed by atoms with van der Waals surface area (Å²) in [5.41, 5.74) is 1.91. The van der Waals surface area contributed by atoms with Gasteiger partial charge in [-0.05, 0) is 31.4 Å². The van der Waals surface area contributed by atoms with Crippen LogP contribution in [0.2, 0.25) is 5.02 Å². The monoisotopic (exact) mass is 299 g/mol. The summed E-state index contributed by atoms with van der Waals surface area (Å²) in [4.78, 5) is 1.13. The van der Waals surface area contributed by atoms with Gasteiger partial charge in [0.2, 0.25) is 0 Å². The standard InChI is InChI=1S/C12H18ClN5S/c1-4-5-14-9(11-7-15-17-19-11)6-10-12(13)8(2)16-18(10)3/h7,9,14H,4-6H2,1-3H3. The van der Waals surface area contributed by atoms with E-state index in [9.17, 15) is 0 Å². The second kappa shape index (κ2) is 6.45. The van der Waals surface area contributed by atoms with Crippen LogP contribution in [0.4, 0.5) is 0 Å². The molecule has 2 aromatic heterocycles. The van der Waals surface area contributed by atoms with E-state index in [1.807, 2.05) is 24.9 Å². The van der Waals surface area contributed by atoms with Gasteiger partial charge < -0.3 is 5.32 Å². The summed E-state index contributed by atoms with van der Waals surface area (Å²) in [6, 6.07) is 0.187. The lowest BCUT2D eigenvalue weighted by atomic mass is 10.1. The van der Waals surface area contributed by atoms with Crippen molar-refractivity contribution in [3.05, 3.63) is 27.5 Å². The second-order valence-corrected chi connectivity index (χ2v) is 5.70. The van der Waals surface area contributed by atoms with E-state index < -0.39 is 0 Å². The molecule has 104 valence electrons. The van der Waals surface area contributed by atoms with Gasteiger partial charge in [-0.2, -0.15) is 5.10 Å². The zero-order valence-electron chi connectivity index (χ0n) is 11.4. The number of aryl methyl sites for hydroxylation is 2. The number of halogens is 1. The molecule has 2 aromatic rings. The van der Waals surface area contributed by atoms with E-state index in [0.717, 1.165) is 40.7 Å². The molecule has 0 saturated heterocycles. The number of nitrogens with one attached hydrogen (secondary N) is 1. The lowest BCUT2D eigenvalue weighted by Crippen LogP contribution is -2.24. The maximum absolute atomic E-state index is 6.31. The summed E-state index contributed by atoms with van der Waals surface area (Å²) in [6.07, 6.45) is 3.69. The van der Waals surface area contributed by atoms with E-state index in [4.69, 9.17) is 11.6 Å². The van der Waals surface area contributed by atoms with Gasteiger partial charge in [0, 0.05) is 13.5 Å². The van der Waals surface area contributed by atoms with Gasteiger partial charge in [0.05, 0.1) is 33.5 Å². The molecule has 7 heteroatoms. The van der Waals surface area contributed by atoms with Crippen LogP contribution in [0.25, 0.3) is 0 Å². The molecular weight excluding hydrogens is 282 g/mol. The van der Waals surface area contributed by atoms with Crippen LogP contribution < -0.4 is 5.32 Å². The van der Waals surface area contributed by atoms with Crippen LogP contribution in [0.3, 0.4) is 0 Å². The fourth-order valence-electron chi connectivity index (χ4n) is 2.02. The molecule has 0 aliphatic heterocycles. The first-order chi connectivity index (χ1) is 9.13. The maximum atomic E-state index is 6.31. The molecule has 0 bridgehead atoms. The van der Waals surface area contributed by atoms with Crippen LogP contribution in [0.1, 0.15) is 35.7 Å². The van der Waals surface area contributed by atoms with Gasteiger partial charge >= 0.3 is 0 Å². The van der Waals surface area contributed by atoms with E-state index in [1.54, 1.807) is 0 Å². The molecular formula is C12H18ClN5S. The Kier molecular flexibility index (Phi) is 4.90. The Labute approximate surface area is 122 Å². The van der Waals surface area contributed by atoms with Crippen LogP contribution in [-0.2, 0) is 13.5 Å². The smallest absolute Gasteiger partial charge is 0.0847 e. The molecule has 0 aliphatic carbocycles. The normalized spacial score (nSPS) is 12.8. The molecule has 0 fully saturated rings. The highest BCUT2D eigenvalue weighted by Crippen LogP contribution is 2.26. The highest BCUT2D eigenvalue weighted by Gasteiger charge is 2.19. The van der Waals surface area contributed by atoms with Gasteiger partial charge in [0.1, 0.15) is 0 Å². The zero-order chi connectivity index (χ0) is 13.8. The van der Waals surface area contributed by atoms with Crippen LogP contribution in [0.15, 0.2) is 6.20 Å². The van der Waals surface area contributed by atoms with Gasteiger partial charge in [-0.1, -0.05) is 23.0 Å². The van der Waals surface area contributed by atoms with Gasteiger partial charge in [0.25, 0.3) is 0 Å². The van der Waals surface area contributed by atoms with Crippen molar-refractivity contribution in [1.82, 2.24) is 24.7 Å². The fraction of sp³-hybridized carbons (Fsp3) is 0.583. The molecule has 5 nitrogen and oxygen atoms in total. The predicted octanol–water partition coefficient (Wildman–Crippen LogP) is 2.52. The van der Waals surface area contributed by atoms with E-state index in [-0.39, 0.29) is 6.04 Å². The summed E-state index contributed by atoms with van der Waals surface area (Å²) in [5, 5.41) is 12.5. The Morgan fingerprint density at radius 2 is 2.32 bits per heavy atom. The predicted molar refractivity (Wildman–Crippen MR) is 77.6 cm³/mol. The van der Waals surface area contributed by atoms with Gasteiger partial charge in [-0.3, -0.25) is 4.68 Å². The Bertz CT molecular complexity index is 522. The summed E-state index contributed by atoms with van der Waals surface area (Å²) in [7, 11) is 1.93. The molecule has 1 N–H and O–H groups in total. The van der Waals surface area contributed by atoms with Crippen molar-refractivity contribution in [2.75, 3.05) is 6.54 Å². The number of aromatic nitrogens is 4. The zero-order valence-corrected chi connectivity index (χ0v) is 12.9. The average molecular weight is 300 g/mol. The molecule has 0 aliphatic rings. The average Bonchev–Trinajstić information content (AvgIpc) is 2.98. The molecule has 0 radical (unpaired) electrons. The van der Waals surface area contributed by atoms with E-state index in [1.165, 1.54) is 11.5 Å². The third-order valence-corrected chi connectivity index (χ3v) is 4.29. The third kappa shape index (κ3) is 3.32. The number of rotatable bonds is 6. The molecule has 0 aromatic carbocycles. The molecule has 1 atom stereocenters. The molecule has 2 rings (SSSR count). The van der Waals surface area contributed by atoms with E-state index >= 15 is 0 Å². The summed E-state index contributed by atoms with van der Waals surface area (Å²) < 4.78 is 5.79. The number of hydrogen-bond acceptors (Lipinski definition) is 5. The van der Waals surface area contributed by atoms with Crippen molar-refractivity contribution in [2.45, 2.75) is 32.7 Å². The Hall–Kier alpha value is -0.980. The minimum atomic E-state index is 0.187. The van der Waals surface area contributed by atoms with Crippen molar-refractivity contribution in [2.24, 2.45) is 7.05 Å². The molecule has 0 saturated carbocycles. The van der Waals surface area contributed by atoms with Crippen LogP contribution >= 0.6 is 23.1 Å². The first-order valence-corrected chi connectivity index (χ1v) is 7.47. The molecule has 0 spiro atoms. The number of nitrogens with zero attached hydrogens (tertiary/aromatic N) is 4. The number of hydrogen-bond donors (Lipinski definition) is 1. The molecule has 19 heavy (non-hydrogen) atoms. The summed E-state index contributed by atoms with van der Waals surface area (Å²) in [5.74, 6) is 0. The largest absolute Gasteiger partial charge is 0.309 e. The fourth-order valence-corrected chi connectivity index (χ4v) is 2.83. The van der Waals surface area contributed by atoms with Crippen LogP contribution in [0.5, 0.6) is 0 Å². The van der Waals surface area contributed by atoms with Gasteiger partial charge in [-0.25, -0.2) is 0 Å². The lowest BCUT2D eigenvalue weighted by Gasteiger charge is -2.16. The lowest BCUT2D eigenvalue weighted by molar-refractivity contribution is 0.518. The van der Waals surface area contributed by atoms with Crippen molar-refractivity contribution < 1.29 is 0 Å². The summed E-state index contributed by atoms with van der Waals surface area (Å²) >= 11 is 7.74. The maximum Gasteiger partial charge on any atom is 0.0847 e. The van der Waals surface area contributed by atoms with Crippen LogP contribution in [0, 0.1) is 6.92 Å². The van der Waals surface area contributed by atoms with Crippen molar-refractivity contribution >= 4 is 23.1 Å². The van der Waals surface area contributed by atoms with Crippen LogP contribution in [-0.4, -0.2) is 25.9 Å². The van der Waals surface area contributed by atoms with Gasteiger partial charge in [0.15, 0.2) is 0 Å². The van der Waals surface area contributed by atoms with Crippen molar-refractivity contribution in [3.8, 4) is 0 Å². The van der Waals surface area contributed by atoms with Crippen molar-refractivity contribution in [1.29, 1.82) is 0 Å². The molecule has 1 unspecified atom stereocenters. The summed E-state index contributed by atoms with van der Waals surface area (Å²) in [6.45, 7) is 5.03. The van der Waals surface area contributed by atoms with E-state index in [2.05, 4.69) is 26.9 Å². The van der Waals surface area contributed by atoms with Gasteiger partial charge in [-0.15, -0.1) is 5.10 Å². The molecule has 0 amide bonds. The second-order valence-electron chi connectivity index (χ2n) is 4.50.